The number of likely N-dealkylation sites (tertiary alicyclic amines) is 1. The Bertz CT molecular complexity index is 445. The minimum Gasteiger partial charge on any atom is -0.309 e. The highest BCUT2D eigenvalue weighted by atomic mass is 15.2. The molecule has 0 amide bonds. The Balaban J connectivity index is 2.34. The molecule has 0 spiro atoms. The summed E-state index contributed by atoms with van der Waals surface area (Å²) < 4.78 is 0. The summed E-state index contributed by atoms with van der Waals surface area (Å²) in [5.74, 6) is 0. The molecule has 1 aromatic rings. The van der Waals surface area contributed by atoms with E-state index in [1.807, 2.05) is 0 Å². The lowest BCUT2D eigenvalue weighted by atomic mass is 9.84. The van der Waals surface area contributed by atoms with Crippen LogP contribution in [0.2, 0.25) is 0 Å². The highest BCUT2D eigenvalue weighted by Gasteiger charge is 2.37. The van der Waals surface area contributed by atoms with Gasteiger partial charge in [-0.25, -0.2) is 0 Å². The zero-order valence-electron chi connectivity index (χ0n) is 13.8. The highest BCUT2D eigenvalue weighted by molar-refractivity contribution is 5.34. The van der Waals surface area contributed by atoms with Crippen LogP contribution in [0.1, 0.15) is 56.3 Å². The lowest BCUT2D eigenvalue weighted by Gasteiger charge is -2.43. The van der Waals surface area contributed by atoms with Gasteiger partial charge in [0.25, 0.3) is 0 Å². The maximum absolute atomic E-state index is 3.73. The van der Waals surface area contributed by atoms with Gasteiger partial charge in [-0.15, -0.1) is 0 Å². The molecule has 1 saturated heterocycles. The van der Waals surface area contributed by atoms with Crippen molar-refractivity contribution in [3.8, 4) is 0 Å². The number of nitrogens with zero attached hydrogens (tertiary/aromatic N) is 1. The predicted molar refractivity (Wildman–Crippen MR) is 87.2 cm³/mol. The summed E-state index contributed by atoms with van der Waals surface area (Å²) in [7, 11) is 0. The first-order valence-electron chi connectivity index (χ1n) is 8.02. The van der Waals surface area contributed by atoms with Crippen LogP contribution in [-0.4, -0.2) is 30.1 Å². The topological polar surface area (TPSA) is 15.3 Å². The van der Waals surface area contributed by atoms with E-state index in [4.69, 9.17) is 0 Å². The largest absolute Gasteiger partial charge is 0.309 e. The van der Waals surface area contributed by atoms with Crippen molar-refractivity contribution in [1.82, 2.24) is 10.2 Å². The van der Waals surface area contributed by atoms with Crippen LogP contribution in [0.15, 0.2) is 18.2 Å². The van der Waals surface area contributed by atoms with Gasteiger partial charge in [0.05, 0.1) is 6.04 Å². The maximum Gasteiger partial charge on any atom is 0.0504 e. The minimum atomic E-state index is 0.159. The fourth-order valence-electron chi connectivity index (χ4n) is 3.57. The van der Waals surface area contributed by atoms with Crippen molar-refractivity contribution < 1.29 is 0 Å². The van der Waals surface area contributed by atoms with Gasteiger partial charge in [0.1, 0.15) is 0 Å². The molecule has 1 unspecified atom stereocenters. The quantitative estimate of drug-likeness (QED) is 0.878. The molecule has 1 aliphatic rings. The molecule has 2 nitrogen and oxygen atoms in total. The molecule has 1 heterocycles. The van der Waals surface area contributed by atoms with Gasteiger partial charge < -0.3 is 5.32 Å². The van der Waals surface area contributed by atoms with Crippen molar-refractivity contribution >= 4 is 0 Å². The number of hydrogen-bond donors (Lipinski definition) is 1. The minimum absolute atomic E-state index is 0.159. The van der Waals surface area contributed by atoms with Crippen molar-refractivity contribution in [2.24, 2.45) is 0 Å². The average molecular weight is 274 g/mol. The van der Waals surface area contributed by atoms with E-state index in [1.165, 1.54) is 42.6 Å². The van der Waals surface area contributed by atoms with E-state index in [2.05, 4.69) is 63.0 Å². The van der Waals surface area contributed by atoms with Crippen LogP contribution in [0, 0.1) is 13.8 Å². The molecule has 0 bridgehead atoms. The van der Waals surface area contributed by atoms with Crippen LogP contribution in [0.3, 0.4) is 0 Å². The van der Waals surface area contributed by atoms with Crippen molar-refractivity contribution in [3.63, 3.8) is 0 Å². The van der Waals surface area contributed by atoms with Crippen molar-refractivity contribution in [3.05, 3.63) is 34.9 Å². The fourth-order valence-corrected chi connectivity index (χ4v) is 3.57. The van der Waals surface area contributed by atoms with E-state index < -0.39 is 0 Å². The molecule has 2 heteroatoms. The smallest absolute Gasteiger partial charge is 0.0504 e. The first-order chi connectivity index (χ1) is 9.46. The van der Waals surface area contributed by atoms with Gasteiger partial charge in [-0.3, -0.25) is 4.90 Å². The molecule has 1 fully saturated rings. The van der Waals surface area contributed by atoms with Crippen LogP contribution in [0.4, 0.5) is 0 Å². The Morgan fingerprint density at radius 2 is 1.85 bits per heavy atom. The molecular weight excluding hydrogens is 244 g/mol. The Morgan fingerprint density at radius 3 is 2.40 bits per heavy atom. The van der Waals surface area contributed by atoms with Gasteiger partial charge in [0.2, 0.25) is 0 Å². The molecule has 0 aliphatic carbocycles. The third kappa shape index (κ3) is 3.07. The maximum atomic E-state index is 3.73. The Labute approximate surface area is 124 Å². The average Bonchev–Trinajstić information content (AvgIpc) is 2.91. The van der Waals surface area contributed by atoms with Gasteiger partial charge in [0.15, 0.2) is 0 Å². The summed E-state index contributed by atoms with van der Waals surface area (Å²) in [4.78, 5) is 2.65. The molecule has 112 valence electrons. The van der Waals surface area contributed by atoms with Gasteiger partial charge in [-0.2, -0.15) is 0 Å². The Hall–Kier alpha value is -0.860. The second-order valence-corrected chi connectivity index (χ2v) is 6.70. The van der Waals surface area contributed by atoms with E-state index in [0.717, 1.165) is 6.54 Å². The predicted octanol–water partition coefficient (Wildman–Crippen LogP) is 3.83. The summed E-state index contributed by atoms with van der Waals surface area (Å²) in [6.07, 6.45) is 2.68. The molecule has 1 aliphatic heterocycles. The molecule has 0 aromatic heterocycles. The highest BCUT2D eigenvalue weighted by Crippen LogP contribution is 2.35. The molecule has 20 heavy (non-hydrogen) atoms. The molecule has 0 saturated carbocycles. The van der Waals surface area contributed by atoms with E-state index in [9.17, 15) is 0 Å². The summed E-state index contributed by atoms with van der Waals surface area (Å²) in [6.45, 7) is 14.9. The molecular formula is C18H30N2. The number of benzene rings is 1. The van der Waals surface area contributed by atoms with Gasteiger partial charge in [-0.05, 0) is 71.3 Å². The molecule has 1 aromatic carbocycles. The third-order valence-electron chi connectivity index (χ3n) is 4.77. The van der Waals surface area contributed by atoms with E-state index >= 15 is 0 Å². The van der Waals surface area contributed by atoms with Gasteiger partial charge in [0, 0.05) is 5.54 Å². The number of likely N-dealkylation sites (N-methyl/N-ethyl adjacent to an activating group) is 1. The van der Waals surface area contributed by atoms with Crippen LogP contribution in [0.25, 0.3) is 0 Å². The lowest BCUT2D eigenvalue weighted by Crippen LogP contribution is -2.51. The number of rotatable bonds is 5. The van der Waals surface area contributed by atoms with E-state index in [1.54, 1.807) is 0 Å². The van der Waals surface area contributed by atoms with Crippen LogP contribution < -0.4 is 5.32 Å². The summed E-state index contributed by atoms with van der Waals surface area (Å²) in [5.41, 5.74) is 4.37. The summed E-state index contributed by atoms with van der Waals surface area (Å²) in [6, 6.07) is 7.26. The number of hydrogen-bond acceptors (Lipinski definition) is 2. The SMILES string of the molecule is CCNC(c1ccc(C)cc1C)C(C)(C)N1CCCC1. The molecule has 2 rings (SSSR count). The first-order valence-corrected chi connectivity index (χ1v) is 8.02. The van der Waals surface area contributed by atoms with Crippen molar-refractivity contribution in [1.29, 1.82) is 0 Å². The number of nitrogens with one attached hydrogen (secondary N) is 1. The van der Waals surface area contributed by atoms with Crippen LogP contribution in [0.5, 0.6) is 0 Å². The lowest BCUT2D eigenvalue weighted by molar-refractivity contribution is 0.107. The van der Waals surface area contributed by atoms with E-state index in [-0.39, 0.29) is 5.54 Å². The van der Waals surface area contributed by atoms with Gasteiger partial charge in [-0.1, -0.05) is 30.7 Å². The van der Waals surface area contributed by atoms with Crippen molar-refractivity contribution in [2.45, 2.75) is 59.0 Å². The Kier molecular flexibility index (Phi) is 4.87. The van der Waals surface area contributed by atoms with Crippen LogP contribution >= 0.6 is 0 Å². The zero-order valence-corrected chi connectivity index (χ0v) is 13.8. The second kappa shape index (κ2) is 6.28. The molecule has 1 atom stereocenters. The number of aryl methyl sites for hydroxylation is 2. The summed E-state index contributed by atoms with van der Waals surface area (Å²) >= 11 is 0. The van der Waals surface area contributed by atoms with Gasteiger partial charge >= 0.3 is 0 Å². The molecule has 1 N–H and O–H groups in total. The molecule has 0 radical (unpaired) electrons. The zero-order chi connectivity index (χ0) is 14.8. The monoisotopic (exact) mass is 274 g/mol. The summed E-state index contributed by atoms with van der Waals surface area (Å²) in [5, 5.41) is 3.73. The normalized spacial score (nSPS) is 18.4. The van der Waals surface area contributed by atoms with Crippen LogP contribution in [-0.2, 0) is 0 Å². The first kappa shape index (κ1) is 15.5. The van der Waals surface area contributed by atoms with Crippen molar-refractivity contribution in [2.75, 3.05) is 19.6 Å². The van der Waals surface area contributed by atoms with E-state index in [0.29, 0.717) is 6.04 Å². The Morgan fingerprint density at radius 1 is 1.20 bits per heavy atom. The standard InChI is InChI=1S/C18H30N2/c1-6-19-17(16-10-9-14(2)13-15(16)3)18(4,5)20-11-7-8-12-20/h9-10,13,17,19H,6-8,11-12H2,1-5H3. The fraction of sp³-hybridized carbons (Fsp3) is 0.667. The second-order valence-electron chi connectivity index (χ2n) is 6.70. The third-order valence-corrected chi connectivity index (χ3v) is 4.77.